The lowest BCUT2D eigenvalue weighted by molar-refractivity contribution is 0.415. The number of fused-ring (bicyclic) bond motifs is 3. The predicted octanol–water partition coefficient (Wildman–Crippen LogP) is 5.51. The van der Waals surface area contributed by atoms with Crippen molar-refractivity contribution < 1.29 is 17.9 Å². The Labute approximate surface area is 230 Å². The van der Waals surface area contributed by atoms with Crippen molar-refractivity contribution in [1.82, 2.24) is 19.8 Å². The van der Waals surface area contributed by atoms with Gasteiger partial charge in [0.2, 0.25) is 0 Å². The summed E-state index contributed by atoms with van der Waals surface area (Å²) < 4.78 is 41.0. The number of hydrogen-bond donors (Lipinski definition) is 2. The van der Waals surface area contributed by atoms with Crippen molar-refractivity contribution in [3.8, 4) is 22.9 Å². The first kappa shape index (κ1) is 25.1. The second-order valence-electron chi connectivity index (χ2n) is 8.84. The topological polar surface area (TPSA) is 120 Å². The van der Waals surface area contributed by atoms with E-state index in [0.29, 0.717) is 34.4 Å². The summed E-state index contributed by atoms with van der Waals surface area (Å²) in [6, 6.07) is 28.4. The van der Waals surface area contributed by atoms with Crippen LogP contribution in [0.3, 0.4) is 0 Å². The Hall–Kier alpha value is -5.16. The van der Waals surface area contributed by atoms with E-state index in [4.69, 9.17) is 14.6 Å². The van der Waals surface area contributed by atoms with Gasteiger partial charge in [-0.15, -0.1) is 15.3 Å². The van der Waals surface area contributed by atoms with E-state index in [2.05, 4.69) is 20.2 Å². The van der Waals surface area contributed by atoms with Crippen LogP contribution in [0.5, 0.6) is 11.5 Å². The van der Waals surface area contributed by atoms with Crippen molar-refractivity contribution in [3.05, 3.63) is 97.1 Å². The van der Waals surface area contributed by atoms with E-state index in [9.17, 15) is 8.42 Å². The number of anilines is 3. The molecule has 2 N–H and O–H groups in total. The molecule has 40 heavy (non-hydrogen) atoms. The van der Waals surface area contributed by atoms with Crippen LogP contribution in [0.4, 0.5) is 17.2 Å². The van der Waals surface area contributed by atoms with Crippen molar-refractivity contribution in [3.63, 3.8) is 0 Å². The fourth-order valence-corrected chi connectivity index (χ4v) is 5.47. The van der Waals surface area contributed by atoms with Gasteiger partial charge >= 0.3 is 0 Å². The first-order chi connectivity index (χ1) is 19.5. The normalized spacial score (nSPS) is 11.4. The molecular formula is C29H24N6O4S. The van der Waals surface area contributed by atoms with Crippen LogP contribution in [0.15, 0.2) is 102 Å². The van der Waals surface area contributed by atoms with Gasteiger partial charge in [0.15, 0.2) is 17.3 Å². The van der Waals surface area contributed by atoms with Crippen LogP contribution >= 0.6 is 0 Å². The molecule has 0 amide bonds. The fraction of sp³-hybridized carbons (Fsp3) is 0.0690. The number of aromatic nitrogens is 4. The largest absolute Gasteiger partial charge is 0.497 e. The molecule has 0 aliphatic rings. The lowest BCUT2D eigenvalue weighted by atomic mass is 10.1. The summed E-state index contributed by atoms with van der Waals surface area (Å²) in [6.07, 6.45) is 0. The molecule has 200 valence electrons. The SMILES string of the molecule is COc1ccc(-c2nnc3c4ccccc4c(Nc4cc(NS(=O)(=O)c5ccccc5)ccc4OC)nn23)cc1. The molecule has 0 unspecified atom stereocenters. The van der Waals surface area contributed by atoms with Crippen molar-refractivity contribution in [2.24, 2.45) is 0 Å². The van der Waals surface area contributed by atoms with Gasteiger partial charge in [-0.2, -0.15) is 4.52 Å². The molecule has 0 spiro atoms. The number of benzene rings is 4. The third-order valence-corrected chi connectivity index (χ3v) is 7.77. The van der Waals surface area contributed by atoms with Gasteiger partial charge < -0.3 is 14.8 Å². The molecule has 0 saturated heterocycles. The van der Waals surface area contributed by atoms with Crippen molar-refractivity contribution in [1.29, 1.82) is 0 Å². The number of ether oxygens (including phenoxy) is 2. The van der Waals surface area contributed by atoms with Gasteiger partial charge in [-0.25, -0.2) is 8.42 Å². The zero-order valence-corrected chi connectivity index (χ0v) is 22.4. The summed E-state index contributed by atoms with van der Waals surface area (Å²) in [5.41, 5.74) is 2.30. The maximum absolute atomic E-state index is 12.9. The Morgan fingerprint density at radius 2 is 1.50 bits per heavy atom. The van der Waals surface area contributed by atoms with Crippen molar-refractivity contribution >= 4 is 43.6 Å². The molecule has 0 aliphatic carbocycles. The number of methoxy groups -OCH3 is 2. The Bertz CT molecular complexity index is 1940. The minimum Gasteiger partial charge on any atom is -0.497 e. The number of sulfonamides is 1. The number of nitrogens with zero attached hydrogens (tertiary/aromatic N) is 4. The van der Waals surface area contributed by atoms with E-state index in [0.717, 1.165) is 22.1 Å². The summed E-state index contributed by atoms with van der Waals surface area (Å²) in [6.45, 7) is 0. The fourth-order valence-electron chi connectivity index (χ4n) is 4.40. The summed E-state index contributed by atoms with van der Waals surface area (Å²) in [5.74, 6) is 2.31. The molecule has 0 bridgehead atoms. The monoisotopic (exact) mass is 552 g/mol. The second kappa shape index (κ2) is 10.2. The van der Waals surface area contributed by atoms with Gasteiger partial charge in [-0.1, -0.05) is 42.5 Å². The standard InChI is InChI=1S/C29H24N6O4S/c1-38-21-15-12-19(13-16-21)28-31-32-29-24-11-7-6-10-23(24)27(33-35(28)29)30-25-18-20(14-17-26(25)39-2)34-40(36,37)22-8-4-3-5-9-22/h3-18,34H,1-2H3,(H,30,33). The van der Waals surface area contributed by atoms with Crippen molar-refractivity contribution in [2.45, 2.75) is 4.90 Å². The molecule has 2 heterocycles. The molecular weight excluding hydrogens is 528 g/mol. The molecule has 0 atom stereocenters. The van der Waals surface area contributed by atoms with E-state index in [-0.39, 0.29) is 4.90 Å². The van der Waals surface area contributed by atoms with E-state index in [1.807, 2.05) is 48.5 Å². The summed E-state index contributed by atoms with van der Waals surface area (Å²) >= 11 is 0. The van der Waals surface area contributed by atoms with Gasteiger partial charge in [0.25, 0.3) is 10.0 Å². The first-order valence-corrected chi connectivity index (χ1v) is 13.8. The minimum atomic E-state index is -3.78. The highest BCUT2D eigenvalue weighted by molar-refractivity contribution is 7.92. The molecule has 6 rings (SSSR count). The molecule has 0 aliphatic heterocycles. The van der Waals surface area contributed by atoms with Gasteiger partial charge in [0.1, 0.15) is 11.5 Å². The molecule has 0 radical (unpaired) electrons. The highest BCUT2D eigenvalue weighted by atomic mass is 32.2. The average Bonchev–Trinajstić information content (AvgIpc) is 3.42. The van der Waals surface area contributed by atoms with Crippen LogP contribution in [0.1, 0.15) is 0 Å². The lowest BCUT2D eigenvalue weighted by Gasteiger charge is -2.15. The minimum absolute atomic E-state index is 0.164. The molecule has 0 fully saturated rings. The number of nitrogens with one attached hydrogen (secondary N) is 2. The predicted molar refractivity (Wildman–Crippen MR) is 154 cm³/mol. The van der Waals surface area contributed by atoms with Crippen LogP contribution in [0, 0.1) is 0 Å². The molecule has 4 aromatic carbocycles. The van der Waals surface area contributed by atoms with E-state index >= 15 is 0 Å². The van der Waals surface area contributed by atoms with Crippen LogP contribution in [0.2, 0.25) is 0 Å². The van der Waals surface area contributed by atoms with E-state index in [1.54, 1.807) is 55.1 Å². The second-order valence-corrected chi connectivity index (χ2v) is 10.5. The van der Waals surface area contributed by atoms with Crippen LogP contribution in [-0.4, -0.2) is 42.4 Å². The molecule has 2 aromatic heterocycles. The third kappa shape index (κ3) is 4.63. The van der Waals surface area contributed by atoms with Gasteiger partial charge in [0.05, 0.1) is 30.5 Å². The van der Waals surface area contributed by atoms with Crippen LogP contribution in [0.25, 0.3) is 27.8 Å². The zero-order chi connectivity index (χ0) is 27.7. The molecule has 11 heteroatoms. The smallest absolute Gasteiger partial charge is 0.261 e. The third-order valence-electron chi connectivity index (χ3n) is 6.37. The molecule has 6 aromatic rings. The van der Waals surface area contributed by atoms with E-state index in [1.165, 1.54) is 12.1 Å². The maximum atomic E-state index is 12.9. The van der Waals surface area contributed by atoms with Gasteiger partial charge in [0, 0.05) is 16.3 Å². The molecule has 0 saturated carbocycles. The van der Waals surface area contributed by atoms with E-state index < -0.39 is 10.0 Å². The highest BCUT2D eigenvalue weighted by Gasteiger charge is 2.18. The number of rotatable bonds is 8. The number of hydrogen-bond acceptors (Lipinski definition) is 8. The Kier molecular flexibility index (Phi) is 6.40. The van der Waals surface area contributed by atoms with Crippen LogP contribution in [-0.2, 0) is 10.0 Å². The van der Waals surface area contributed by atoms with Crippen LogP contribution < -0.4 is 19.5 Å². The summed E-state index contributed by atoms with van der Waals surface area (Å²) in [4.78, 5) is 0.164. The highest BCUT2D eigenvalue weighted by Crippen LogP contribution is 2.35. The van der Waals surface area contributed by atoms with Gasteiger partial charge in [-0.05, 0) is 54.6 Å². The maximum Gasteiger partial charge on any atom is 0.261 e. The Balaban J connectivity index is 1.44. The zero-order valence-electron chi connectivity index (χ0n) is 21.6. The summed E-state index contributed by atoms with van der Waals surface area (Å²) in [7, 11) is -0.623. The lowest BCUT2D eigenvalue weighted by Crippen LogP contribution is -2.13. The Morgan fingerprint density at radius 3 is 2.23 bits per heavy atom. The Morgan fingerprint density at radius 1 is 0.775 bits per heavy atom. The average molecular weight is 553 g/mol. The van der Waals surface area contributed by atoms with Crippen molar-refractivity contribution in [2.75, 3.05) is 24.3 Å². The van der Waals surface area contributed by atoms with Gasteiger partial charge in [-0.3, -0.25) is 4.72 Å². The quantitative estimate of drug-likeness (QED) is 0.254. The molecule has 10 nitrogen and oxygen atoms in total. The first-order valence-electron chi connectivity index (χ1n) is 12.3. The summed E-state index contributed by atoms with van der Waals surface area (Å²) in [5, 5.41) is 18.7.